The zero-order valence-electron chi connectivity index (χ0n) is 11.8. The molecule has 0 spiro atoms. The molecule has 0 unspecified atom stereocenters. The summed E-state index contributed by atoms with van der Waals surface area (Å²) in [6, 6.07) is 6.89. The summed E-state index contributed by atoms with van der Waals surface area (Å²) in [5.74, 6) is 1.50. The minimum absolute atomic E-state index is 0.302. The quantitative estimate of drug-likeness (QED) is 0.897. The molecule has 1 aliphatic rings. The number of methoxy groups -OCH3 is 1. The molecule has 19 heavy (non-hydrogen) atoms. The lowest BCUT2D eigenvalue weighted by Crippen LogP contribution is -2.35. The molecule has 3 atom stereocenters. The predicted molar refractivity (Wildman–Crippen MR) is 80.6 cm³/mol. The Kier molecular flexibility index (Phi) is 5.25. The van der Waals surface area contributed by atoms with E-state index in [0.717, 1.165) is 29.9 Å². The zero-order valence-corrected chi connectivity index (χ0v) is 13.4. The summed E-state index contributed by atoms with van der Waals surface area (Å²) < 4.78 is 11.8. The highest BCUT2D eigenvalue weighted by atomic mass is 79.9. The van der Waals surface area contributed by atoms with Crippen LogP contribution in [-0.4, -0.2) is 26.4 Å². The van der Waals surface area contributed by atoms with Gasteiger partial charge in [0.2, 0.25) is 0 Å². The smallest absolute Gasteiger partial charge is 0.120 e. The molecule has 4 heteroatoms. The van der Waals surface area contributed by atoms with E-state index in [2.05, 4.69) is 41.2 Å². The van der Waals surface area contributed by atoms with E-state index in [1.165, 1.54) is 5.56 Å². The summed E-state index contributed by atoms with van der Waals surface area (Å²) in [7, 11) is 1.69. The van der Waals surface area contributed by atoms with Gasteiger partial charge in [-0.25, -0.2) is 0 Å². The van der Waals surface area contributed by atoms with Crippen LogP contribution in [0.4, 0.5) is 0 Å². The van der Waals surface area contributed by atoms with Crippen LogP contribution in [0.15, 0.2) is 22.7 Å². The van der Waals surface area contributed by atoms with Gasteiger partial charge in [-0.2, -0.15) is 0 Å². The van der Waals surface area contributed by atoms with Gasteiger partial charge in [0, 0.05) is 23.2 Å². The maximum atomic E-state index is 5.45. The molecule has 0 amide bonds. The van der Waals surface area contributed by atoms with Crippen molar-refractivity contribution < 1.29 is 9.47 Å². The Bertz CT molecular complexity index is 419. The van der Waals surface area contributed by atoms with Crippen LogP contribution in [0.2, 0.25) is 0 Å². The van der Waals surface area contributed by atoms with Crippen molar-refractivity contribution in [3.8, 4) is 5.75 Å². The van der Waals surface area contributed by atoms with Crippen LogP contribution in [0.5, 0.6) is 5.75 Å². The molecule has 0 bridgehead atoms. The molecule has 2 rings (SSSR count). The first-order chi connectivity index (χ1) is 9.11. The van der Waals surface area contributed by atoms with Crippen molar-refractivity contribution >= 4 is 15.9 Å². The van der Waals surface area contributed by atoms with Crippen molar-refractivity contribution in [2.75, 3.05) is 20.3 Å². The normalized spacial score (nSPS) is 22.2. The minimum atomic E-state index is 0.302. The van der Waals surface area contributed by atoms with E-state index >= 15 is 0 Å². The van der Waals surface area contributed by atoms with E-state index < -0.39 is 0 Å². The van der Waals surface area contributed by atoms with Gasteiger partial charge in [-0.3, -0.25) is 0 Å². The first-order valence-electron chi connectivity index (χ1n) is 6.79. The van der Waals surface area contributed by atoms with Crippen LogP contribution in [0.3, 0.4) is 0 Å². The predicted octanol–water partition coefficient (Wildman–Crippen LogP) is 3.53. The van der Waals surface area contributed by atoms with Gasteiger partial charge >= 0.3 is 0 Å². The fraction of sp³-hybridized carbons (Fsp3) is 0.600. The van der Waals surface area contributed by atoms with E-state index in [0.29, 0.717) is 18.0 Å². The van der Waals surface area contributed by atoms with Crippen LogP contribution < -0.4 is 10.1 Å². The van der Waals surface area contributed by atoms with Gasteiger partial charge in [0.1, 0.15) is 5.75 Å². The Morgan fingerprint density at radius 2 is 2.21 bits per heavy atom. The first-order valence-corrected chi connectivity index (χ1v) is 7.58. The molecule has 1 N–H and O–H groups in total. The van der Waals surface area contributed by atoms with Crippen molar-refractivity contribution in [2.45, 2.75) is 32.4 Å². The van der Waals surface area contributed by atoms with Gasteiger partial charge in [-0.1, -0.05) is 22.0 Å². The van der Waals surface area contributed by atoms with Crippen LogP contribution in [0.1, 0.15) is 31.9 Å². The number of ether oxygens (including phenoxy) is 2. The second-order valence-electron chi connectivity index (χ2n) is 5.19. The average Bonchev–Trinajstić information content (AvgIpc) is 2.92. The fourth-order valence-corrected chi connectivity index (χ4v) is 3.25. The molecular formula is C15H22BrNO2. The zero-order chi connectivity index (χ0) is 13.8. The molecule has 0 aromatic heterocycles. The van der Waals surface area contributed by atoms with Crippen molar-refractivity contribution in [3.63, 3.8) is 0 Å². The summed E-state index contributed by atoms with van der Waals surface area (Å²) in [5.41, 5.74) is 1.26. The first kappa shape index (κ1) is 14.8. The summed E-state index contributed by atoms with van der Waals surface area (Å²) >= 11 is 3.62. The molecule has 1 aromatic carbocycles. The molecule has 1 saturated heterocycles. The molecule has 0 saturated carbocycles. The van der Waals surface area contributed by atoms with Gasteiger partial charge in [0.25, 0.3) is 0 Å². The van der Waals surface area contributed by atoms with Crippen molar-refractivity contribution in [1.29, 1.82) is 0 Å². The van der Waals surface area contributed by atoms with E-state index in [1.807, 2.05) is 12.1 Å². The van der Waals surface area contributed by atoms with Gasteiger partial charge in [-0.05, 0) is 43.9 Å². The van der Waals surface area contributed by atoms with Gasteiger partial charge in [0.15, 0.2) is 0 Å². The number of hydrogen-bond acceptors (Lipinski definition) is 3. The highest BCUT2D eigenvalue weighted by Gasteiger charge is 2.24. The average molecular weight is 328 g/mol. The summed E-state index contributed by atoms with van der Waals surface area (Å²) in [6.45, 7) is 6.22. The topological polar surface area (TPSA) is 30.5 Å². The second kappa shape index (κ2) is 6.73. The van der Waals surface area contributed by atoms with Crippen LogP contribution in [0, 0.1) is 5.92 Å². The maximum absolute atomic E-state index is 5.45. The molecular weight excluding hydrogens is 306 g/mol. The number of benzene rings is 1. The lowest BCUT2D eigenvalue weighted by molar-refractivity contribution is 0.177. The third kappa shape index (κ3) is 3.71. The van der Waals surface area contributed by atoms with Gasteiger partial charge in [0.05, 0.1) is 13.7 Å². The summed E-state index contributed by atoms with van der Waals surface area (Å²) in [4.78, 5) is 0. The molecule has 1 aliphatic heterocycles. The fourth-order valence-electron chi connectivity index (χ4n) is 2.55. The molecule has 1 aromatic rings. The van der Waals surface area contributed by atoms with E-state index in [4.69, 9.17) is 9.47 Å². The van der Waals surface area contributed by atoms with Crippen molar-refractivity contribution in [1.82, 2.24) is 5.32 Å². The Hall–Kier alpha value is -0.580. The number of rotatable bonds is 5. The molecule has 3 nitrogen and oxygen atoms in total. The minimum Gasteiger partial charge on any atom is -0.497 e. The monoisotopic (exact) mass is 327 g/mol. The molecule has 106 valence electrons. The lowest BCUT2D eigenvalue weighted by Gasteiger charge is -2.25. The number of nitrogens with one attached hydrogen (secondary N) is 1. The lowest BCUT2D eigenvalue weighted by atomic mass is 9.98. The van der Waals surface area contributed by atoms with Gasteiger partial charge in [-0.15, -0.1) is 0 Å². The van der Waals surface area contributed by atoms with Crippen LogP contribution in [-0.2, 0) is 4.74 Å². The molecule has 0 aliphatic carbocycles. The highest BCUT2D eigenvalue weighted by Crippen LogP contribution is 2.28. The Morgan fingerprint density at radius 3 is 2.79 bits per heavy atom. The van der Waals surface area contributed by atoms with Crippen LogP contribution >= 0.6 is 15.9 Å². The number of hydrogen-bond donors (Lipinski definition) is 1. The SMILES string of the molecule is COc1ccc([C@H](C)N[C@@H](C)[C@@H]2CCOC2)c(Br)c1. The summed E-state index contributed by atoms with van der Waals surface area (Å²) in [5, 5.41) is 3.67. The molecule has 1 heterocycles. The largest absolute Gasteiger partial charge is 0.497 e. The third-order valence-corrected chi connectivity index (χ3v) is 4.55. The molecule has 1 fully saturated rings. The maximum Gasteiger partial charge on any atom is 0.120 e. The third-order valence-electron chi connectivity index (χ3n) is 3.86. The summed E-state index contributed by atoms with van der Waals surface area (Å²) in [6.07, 6.45) is 1.16. The Morgan fingerprint density at radius 1 is 1.42 bits per heavy atom. The van der Waals surface area contributed by atoms with Crippen molar-refractivity contribution in [2.24, 2.45) is 5.92 Å². The van der Waals surface area contributed by atoms with E-state index in [1.54, 1.807) is 7.11 Å². The van der Waals surface area contributed by atoms with Crippen molar-refractivity contribution in [3.05, 3.63) is 28.2 Å². The second-order valence-corrected chi connectivity index (χ2v) is 6.04. The standard InChI is InChI=1S/C15H22BrNO2/c1-10(12-6-7-19-9-12)17-11(2)14-5-4-13(18-3)8-15(14)16/h4-5,8,10-12,17H,6-7,9H2,1-3H3/t10-,11-,12+/m0/s1. The highest BCUT2D eigenvalue weighted by molar-refractivity contribution is 9.10. The number of halogens is 1. The molecule has 0 radical (unpaired) electrons. The van der Waals surface area contributed by atoms with Gasteiger partial charge < -0.3 is 14.8 Å². The Balaban J connectivity index is 2.00. The van der Waals surface area contributed by atoms with E-state index in [-0.39, 0.29) is 0 Å². The van der Waals surface area contributed by atoms with E-state index in [9.17, 15) is 0 Å². The van der Waals surface area contributed by atoms with Crippen LogP contribution in [0.25, 0.3) is 0 Å². The Labute approximate surface area is 123 Å².